The van der Waals surface area contributed by atoms with Gasteiger partial charge in [0.05, 0.1) is 5.56 Å². The fraction of sp³-hybridized carbons (Fsp3) is 0.222. The lowest BCUT2D eigenvalue weighted by Gasteiger charge is -2.12. The highest BCUT2D eigenvalue weighted by Crippen LogP contribution is 2.31. The molecule has 2 N–H and O–H groups in total. The average molecular weight is 373 g/mol. The van der Waals surface area contributed by atoms with Gasteiger partial charge in [0.25, 0.3) is 5.91 Å². The van der Waals surface area contributed by atoms with Gasteiger partial charge < -0.3 is 10.6 Å². The molecule has 0 heterocycles. The third-order valence-corrected chi connectivity index (χ3v) is 4.51. The van der Waals surface area contributed by atoms with E-state index in [2.05, 4.69) is 26.6 Å². The fourth-order valence-corrected chi connectivity index (χ4v) is 2.72. The first-order valence-electron chi connectivity index (χ1n) is 7.52. The Bertz CT molecular complexity index is 769. The minimum atomic E-state index is -0.189. The number of hydrogen-bond donors (Lipinski definition) is 2. The number of carbonyl (C=O) groups excluding carboxylic acids is 2. The largest absolute Gasteiger partial charge is 0.326 e. The number of hydrogen-bond acceptors (Lipinski definition) is 2. The van der Waals surface area contributed by atoms with E-state index in [9.17, 15) is 9.59 Å². The molecule has 4 nitrogen and oxygen atoms in total. The number of amides is 2. The first-order chi connectivity index (χ1) is 11.0. The Balaban J connectivity index is 1.77. The van der Waals surface area contributed by atoms with Crippen molar-refractivity contribution in [3.63, 3.8) is 0 Å². The molecule has 118 valence electrons. The van der Waals surface area contributed by atoms with E-state index in [4.69, 9.17) is 0 Å². The molecular weight excluding hydrogens is 356 g/mol. The van der Waals surface area contributed by atoms with Crippen LogP contribution in [0, 0.1) is 12.8 Å². The monoisotopic (exact) mass is 372 g/mol. The highest BCUT2D eigenvalue weighted by Gasteiger charge is 2.29. The van der Waals surface area contributed by atoms with Gasteiger partial charge in [-0.25, -0.2) is 0 Å². The molecule has 0 saturated heterocycles. The highest BCUT2D eigenvalue weighted by atomic mass is 79.9. The third kappa shape index (κ3) is 3.79. The Morgan fingerprint density at radius 3 is 2.52 bits per heavy atom. The topological polar surface area (TPSA) is 58.2 Å². The SMILES string of the molecule is Cc1ccc(NC(=O)C2CC2)cc1NC(=O)c1ccccc1Br. The summed E-state index contributed by atoms with van der Waals surface area (Å²) < 4.78 is 0.744. The van der Waals surface area contributed by atoms with Crippen LogP contribution in [0.3, 0.4) is 0 Å². The number of anilines is 2. The summed E-state index contributed by atoms with van der Waals surface area (Å²) in [6, 6.07) is 12.8. The van der Waals surface area contributed by atoms with Crippen LogP contribution < -0.4 is 10.6 Å². The van der Waals surface area contributed by atoms with Gasteiger partial charge in [0.1, 0.15) is 0 Å². The minimum Gasteiger partial charge on any atom is -0.326 e. The Morgan fingerprint density at radius 1 is 1.09 bits per heavy atom. The number of halogens is 1. The molecule has 3 rings (SSSR count). The van der Waals surface area contributed by atoms with E-state index in [0.29, 0.717) is 16.9 Å². The highest BCUT2D eigenvalue weighted by molar-refractivity contribution is 9.10. The Labute approximate surface area is 143 Å². The molecule has 0 bridgehead atoms. The zero-order valence-electron chi connectivity index (χ0n) is 12.7. The van der Waals surface area contributed by atoms with Gasteiger partial charge in [0, 0.05) is 21.8 Å². The summed E-state index contributed by atoms with van der Waals surface area (Å²) in [7, 11) is 0. The van der Waals surface area contributed by atoms with Crippen LogP contribution in [0.5, 0.6) is 0 Å². The van der Waals surface area contributed by atoms with Crippen LogP contribution in [0.25, 0.3) is 0 Å². The van der Waals surface area contributed by atoms with E-state index in [1.54, 1.807) is 12.1 Å². The maximum Gasteiger partial charge on any atom is 0.256 e. The van der Waals surface area contributed by atoms with Crippen molar-refractivity contribution in [2.24, 2.45) is 5.92 Å². The summed E-state index contributed by atoms with van der Waals surface area (Å²) in [6.07, 6.45) is 1.92. The summed E-state index contributed by atoms with van der Waals surface area (Å²) in [6.45, 7) is 1.92. The molecule has 23 heavy (non-hydrogen) atoms. The summed E-state index contributed by atoms with van der Waals surface area (Å²) in [5.41, 5.74) is 2.91. The standard InChI is InChI=1S/C18H17BrN2O2/c1-11-6-9-13(20-17(22)12-7-8-12)10-16(11)21-18(23)14-4-2-3-5-15(14)19/h2-6,9-10,12H,7-8H2,1H3,(H,20,22)(H,21,23). The van der Waals surface area contributed by atoms with Gasteiger partial charge in [-0.1, -0.05) is 18.2 Å². The van der Waals surface area contributed by atoms with Crippen molar-refractivity contribution in [2.45, 2.75) is 19.8 Å². The molecule has 2 amide bonds. The van der Waals surface area contributed by atoms with E-state index in [1.807, 2.05) is 37.3 Å². The zero-order chi connectivity index (χ0) is 16.4. The van der Waals surface area contributed by atoms with Gasteiger partial charge >= 0.3 is 0 Å². The minimum absolute atomic E-state index is 0.0527. The maximum absolute atomic E-state index is 12.4. The number of rotatable bonds is 4. The number of carbonyl (C=O) groups is 2. The third-order valence-electron chi connectivity index (χ3n) is 3.82. The van der Waals surface area contributed by atoms with Crippen molar-refractivity contribution < 1.29 is 9.59 Å². The molecule has 0 atom stereocenters. The molecule has 0 unspecified atom stereocenters. The smallest absolute Gasteiger partial charge is 0.256 e. The van der Waals surface area contributed by atoms with Gasteiger partial charge in [-0.15, -0.1) is 0 Å². The molecule has 0 radical (unpaired) electrons. The van der Waals surface area contributed by atoms with Crippen LogP contribution >= 0.6 is 15.9 Å². The fourth-order valence-electron chi connectivity index (χ4n) is 2.26. The molecule has 1 fully saturated rings. The average Bonchev–Trinajstić information content (AvgIpc) is 3.36. The quantitative estimate of drug-likeness (QED) is 0.837. The lowest BCUT2D eigenvalue weighted by Crippen LogP contribution is -2.15. The molecule has 1 aliphatic rings. The van der Waals surface area contributed by atoms with Crippen molar-refractivity contribution in [1.29, 1.82) is 0 Å². The summed E-state index contributed by atoms with van der Waals surface area (Å²) >= 11 is 3.38. The maximum atomic E-state index is 12.4. The summed E-state index contributed by atoms with van der Waals surface area (Å²) in [5, 5.41) is 5.80. The molecule has 1 aliphatic carbocycles. The van der Waals surface area contributed by atoms with Crippen LogP contribution in [0.2, 0.25) is 0 Å². The van der Waals surface area contributed by atoms with E-state index >= 15 is 0 Å². The van der Waals surface area contributed by atoms with Crippen LogP contribution in [0.1, 0.15) is 28.8 Å². The second kappa shape index (κ2) is 6.54. The Hall–Kier alpha value is -2.14. The number of benzene rings is 2. The van der Waals surface area contributed by atoms with E-state index < -0.39 is 0 Å². The van der Waals surface area contributed by atoms with Crippen molar-refractivity contribution in [2.75, 3.05) is 10.6 Å². The van der Waals surface area contributed by atoms with Gasteiger partial charge in [0.15, 0.2) is 0 Å². The Morgan fingerprint density at radius 2 is 1.83 bits per heavy atom. The molecule has 0 aliphatic heterocycles. The molecule has 1 saturated carbocycles. The summed E-state index contributed by atoms with van der Waals surface area (Å²) in [4.78, 5) is 24.3. The predicted octanol–water partition coefficient (Wildman–Crippen LogP) is 4.36. The van der Waals surface area contributed by atoms with Crippen LogP contribution in [-0.2, 0) is 4.79 Å². The second-order valence-corrected chi connectivity index (χ2v) is 6.58. The van der Waals surface area contributed by atoms with Crippen molar-refractivity contribution in [3.05, 3.63) is 58.1 Å². The molecule has 0 spiro atoms. The van der Waals surface area contributed by atoms with E-state index in [0.717, 1.165) is 22.9 Å². The van der Waals surface area contributed by atoms with Gasteiger partial charge in [0.2, 0.25) is 5.91 Å². The Kier molecular flexibility index (Phi) is 4.48. The number of aryl methyl sites for hydroxylation is 1. The van der Waals surface area contributed by atoms with E-state index in [1.165, 1.54) is 0 Å². The van der Waals surface area contributed by atoms with Crippen molar-refractivity contribution >= 4 is 39.1 Å². The van der Waals surface area contributed by atoms with E-state index in [-0.39, 0.29) is 17.7 Å². The van der Waals surface area contributed by atoms with Crippen molar-refractivity contribution in [3.8, 4) is 0 Å². The molecule has 5 heteroatoms. The molecular formula is C18H17BrN2O2. The van der Waals surface area contributed by atoms with Crippen LogP contribution in [-0.4, -0.2) is 11.8 Å². The van der Waals surface area contributed by atoms with Crippen LogP contribution in [0.4, 0.5) is 11.4 Å². The lowest BCUT2D eigenvalue weighted by atomic mass is 10.1. The van der Waals surface area contributed by atoms with Gasteiger partial charge in [-0.2, -0.15) is 0 Å². The molecule has 2 aromatic carbocycles. The first-order valence-corrected chi connectivity index (χ1v) is 8.31. The van der Waals surface area contributed by atoms with Crippen molar-refractivity contribution in [1.82, 2.24) is 0 Å². The predicted molar refractivity (Wildman–Crippen MR) is 94.6 cm³/mol. The second-order valence-electron chi connectivity index (χ2n) is 5.73. The van der Waals surface area contributed by atoms with Crippen LogP contribution in [0.15, 0.2) is 46.9 Å². The lowest BCUT2D eigenvalue weighted by molar-refractivity contribution is -0.117. The summed E-state index contributed by atoms with van der Waals surface area (Å²) in [5.74, 6) is 0.0118. The molecule has 0 aromatic heterocycles. The number of nitrogens with one attached hydrogen (secondary N) is 2. The van der Waals surface area contributed by atoms with Gasteiger partial charge in [-0.05, 0) is 65.5 Å². The first kappa shape index (κ1) is 15.7. The van der Waals surface area contributed by atoms with Gasteiger partial charge in [-0.3, -0.25) is 9.59 Å². The zero-order valence-corrected chi connectivity index (χ0v) is 14.3. The molecule has 2 aromatic rings. The normalized spacial score (nSPS) is 13.5.